The van der Waals surface area contributed by atoms with Crippen molar-refractivity contribution in [3.8, 4) is 0 Å². The lowest BCUT2D eigenvalue weighted by molar-refractivity contribution is -0.132. The number of H-pyrrole nitrogens is 1. The summed E-state index contributed by atoms with van der Waals surface area (Å²) in [6, 6.07) is 15.8. The molecule has 330 valence electrons. The Kier molecular flexibility index (Phi) is 17.6. The molecule has 0 aliphatic heterocycles. The van der Waals surface area contributed by atoms with Crippen LogP contribution in [0.3, 0.4) is 0 Å². The molecule has 4 aromatic rings. The van der Waals surface area contributed by atoms with Gasteiger partial charge in [-0.2, -0.15) is 0 Å². The number of guanidine groups is 1. The maximum absolute atomic E-state index is 13.9. The lowest BCUT2D eigenvalue weighted by Gasteiger charge is -2.26. The molecule has 1 aromatic heterocycles. The fraction of sp³-hybridized carbons (Fsp3) is 0.333. The summed E-state index contributed by atoms with van der Waals surface area (Å²) in [6.45, 7) is 3.97. The zero-order valence-corrected chi connectivity index (χ0v) is 34.7. The lowest BCUT2D eigenvalue weighted by Crippen LogP contribution is -2.59. The van der Waals surface area contributed by atoms with E-state index in [1.807, 2.05) is 38.1 Å². The number of hydrogen-bond donors (Lipinski definition) is 12. The Morgan fingerprint density at radius 3 is 2.02 bits per heavy atom. The van der Waals surface area contributed by atoms with Crippen LogP contribution in [-0.4, -0.2) is 90.3 Å². The van der Waals surface area contributed by atoms with E-state index >= 15 is 0 Å². The summed E-state index contributed by atoms with van der Waals surface area (Å²) in [5.74, 6) is -3.48. The summed E-state index contributed by atoms with van der Waals surface area (Å²) in [5, 5.41) is 16.8. The number of carbonyl (C=O) groups is 7. The van der Waals surface area contributed by atoms with E-state index in [1.165, 1.54) is 31.3 Å². The molecule has 4 atom stereocenters. The normalized spacial score (nSPS) is 13.1. The van der Waals surface area contributed by atoms with Gasteiger partial charge in [0.05, 0.1) is 0 Å². The third-order valence-electron chi connectivity index (χ3n) is 9.56. The van der Waals surface area contributed by atoms with E-state index in [0.717, 1.165) is 16.5 Å². The van der Waals surface area contributed by atoms with Crippen molar-refractivity contribution in [1.29, 1.82) is 0 Å². The molecular weight excluding hydrogens is 799 g/mol. The predicted octanol–water partition coefficient (Wildman–Crippen LogP) is 0.757. The van der Waals surface area contributed by atoms with Gasteiger partial charge in [0.2, 0.25) is 17.7 Å². The van der Waals surface area contributed by atoms with Gasteiger partial charge in [-0.15, -0.1) is 0 Å². The van der Waals surface area contributed by atoms with Crippen molar-refractivity contribution in [3.63, 3.8) is 0 Å². The largest absolute Gasteiger partial charge is 0.370 e. The Hall–Kier alpha value is -7.64. The van der Waals surface area contributed by atoms with E-state index in [1.54, 1.807) is 36.5 Å². The first-order valence-corrected chi connectivity index (χ1v) is 19.9. The highest BCUT2D eigenvalue weighted by Crippen LogP contribution is 2.19. The van der Waals surface area contributed by atoms with Crippen molar-refractivity contribution in [2.45, 2.75) is 70.1 Å². The second-order valence-electron chi connectivity index (χ2n) is 14.8. The molecule has 20 nitrogen and oxygen atoms in total. The van der Waals surface area contributed by atoms with E-state index in [4.69, 9.17) is 17.2 Å². The van der Waals surface area contributed by atoms with Crippen LogP contribution in [0, 0.1) is 5.92 Å². The third-order valence-corrected chi connectivity index (χ3v) is 9.56. The SMILES string of the molecule is CN=C(N)NCCC[C@H](NC(=O)[C@H](CC(C)C)NC(=O)NNC(=O)[C@H](Cc1ccccc1)NC(=O)c1ccc(NC(N)=O)cc1)C(=O)N[C@@H](Cc1c[nH]c2ccccc12)C(N)=O. The first-order chi connectivity index (χ1) is 29.6. The van der Waals surface area contributed by atoms with E-state index in [9.17, 15) is 33.6 Å². The Balaban J connectivity index is 1.44. The number of urea groups is 2. The molecule has 62 heavy (non-hydrogen) atoms. The first-order valence-electron chi connectivity index (χ1n) is 19.9. The van der Waals surface area contributed by atoms with E-state index < -0.39 is 65.8 Å². The molecule has 0 fully saturated rings. The van der Waals surface area contributed by atoms with Crippen LogP contribution >= 0.6 is 0 Å². The summed E-state index contributed by atoms with van der Waals surface area (Å²) in [5.41, 5.74) is 24.1. The van der Waals surface area contributed by atoms with Crippen LogP contribution in [0.15, 0.2) is 90.1 Å². The van der Waals surface area contributed by atoms with Crippen LogP contribution in [-0.2, 0) is 32.0 Å². The minimum absolute atomic E-state index is 0.0522. The van der Waals surface area contributed by atoms with Gasteiger partial charge < -0.3 is 54.1 Å². The minimum atomic E-state index is -1.19. The monoisotopic (exact) mass is 853 g/mol. The summed E-state index contributed by atoms with van der Waals surface area (Å²) < 4.78 is 0. The minimum Gasteiger partial charge on any atom is -0.370 e. The van der Waals surface area contributed by atoms with Crippen molar-refractivity contribution >= 4 is 64.1 Å². The van der Waals surface area contributed by atoms with Crippen molar-refractivity contribution in [3.05, 3.63) is 102 Å². The number of nitrogens with one attached hydrogen (secondary N) is 9. The number of amides is 9. The molecule has 1 heterocycles. The molecule has 0 saturated heterocycles. The number of anilines is 1. The van der Waals surface area contributed by atoms with Gasteiger partial charge in [0.25, 0.3) is 11.8 Å². The lowest BCUT2D eigenvalue weighted by atomic mass is 10.0. The van der Waals surface area contributed by atoms with E-state index in [-0.39, 0.29) is 43.1 Å². The maximum atomic E-state index is 13.9. The molecule has 0 radical (unpaired) electrons. The number of para-hydroxylation sites is 1. The first kappa shape index (κ1) is 47.0. The molecule has 0 unspecified atom stereocenters. The van der Waals surface area contributed by atoms with Gasteiger partial charge in [0, 0.05) is 54.8 Å². The Labute approximate surface area is 358 Å². The van der Waals surface area contributed by atoms with Gasteiger partial charge in [-0.05, 0) is 66.6 Å². The van der Waals surface area contributed by atoms with Crippen molar-refractivity contribution in [2.24, 2.45) is 28.1 Å². The summed E-state index contributed by atoms with van der Waals surface area (Å²) >= 11 is 0. The highest BCUT2D eigenvalue weighted by atomic mass is 16.2. The second kappa shape index (κ2) is 23.2. The fourth-order valence-corrected chi connectivity index (χ4v) is 6.41. The number of fused-ring (bicyclic) bond motifs is 1. The number of aliphatic imine (C=N–C) groups is 1. The molecular formula is C42H55N13O7. The van der Waals surface area contributed by atoms with Crippen LogP contribution < -0.4 is 60.0 Å². The molecule has 0 spiro atoms. The molecule has 0 saturated carbocycles. The second-order valence-corrected chi connectivity index (χ2v) is 14.8. The number of hydrogen-bond acceptors (Lipinski definition) is 8. The average molecular weight is 854 g/mol. The molecule has 15 N–H and O–H groups in total. The molecule has 4 rings (SSSR count). The molecule has 20 heteroatoms. The average Bonchev–Trinajstić information content (AvgIpc) is 3.65. The Morgan fingerprint density at radius 1 is 0.694 bits per heavy atom. The molecule has 0 aliphatic carbocycles. The number of aromatic nitrogens is 1. The van der Waals surface area contributed by atoms with Crippen LogP contribution in [0.4, 0.5) is 15.3 Å². The van der Waals surface area contributed by atoms with E-state index in [0.29, 0.717) is 24.2 Å². The smallest absolute Gasteiger partial charge is 0.334 e. The fourth-order valence-electron chi connectivity index (χ4n) is 6.41. The highest BCUT2D eigenvalue weighted by molar-refractivity contribution is 5.99. The number of carbonyl (C=O) groups excluding carboxylic acids is 7. The predicted molar refractivity (Wildman–Crippen MR) is 234 cm³/mol. The zero-order chi connectivity index (χ0) is 45.2. The summed E-state index contributed by atoms with van der Waals surface area (Å²) in [7, 11) is 1.51. The van der Waals surface area contributed by atoms with Gasteiger partial charge >= 0.3 is 12.1 Å². The van der Waals surface area contributed by atoms with Gasteiger partial charge in [-0.3, -0.25) is 34.4 Å². The van der Waals surface area contributed by atoms with Crippen molar-refractivity contribution < 1.29 is 33.6 Å². The number of nitrogens with zero attached hydrogens (tertiary/aromatic N) is 1. The number of primary amides is 2. The van der Waals surface area contributed by atoms with Gasteiger partial charge in [0.1, 0.15) is 24.2 Å². The van der Waals surface area contributed by atoms with Gasteiger partial charge in [-0.25, -0.2) is 15.0 Å². The molecule has 3 aromatic carbocycles. The van der Waals surface area contributed by atoms with E-state index in [2.05, 4.69) is 52.7 Å². The number of aromatic amines is 1. The summed E-state index contributed by atoms with van der Waals surface area (Å²) in [6.07, 6.45) is 2.44. The van der Waals surface area contributed by atoms with Crippen LogP contribution in [0.1, 0.15) is 54.6 Å². The highest BCUT2D eigenvalue weighted by Gasteiger charge is 2.30. The topological polar surface area (TPSA) is 322 Å². The van der Waals surface area contributed by atoms with Crippen LogP contribution in [0.2, 0.25) is 0 Å². The van der Waals surface area contributed by atoms with Gasteiger partial charge in [0.15, 0.2) is 5.96 Å². The number of benzene rings is 3. The van der Waals surface area contributed by atoms with Crippen LogP contribution in [0.5, 0.6) is 0 Å². The molecule has 9 amide bonds. The molecule has 0 bridgehead atoms. The maximum Gasteiger partial charge on any atom is 0.334 e. The standard InChI is InChI=1S/C42H55N13O7/c1-24(2)20-33(53-42(62)55-54-39(60)34(21-25-10-5-4-6-11-25)52-36(57)26-15-17-28(18-16-26)49-41(45)61)38(59)50-31(14-9-19-47-40(44)46-3)37(58)51-32(35(43)56)22-27-23-48-30-13-8-7-12-29(27)30/h4-8,10-13,15-18,23-24,31-34,48H,9,14,19-22H2,1-3H3,(H2,43,56)(H,50,59)(H,51,58)(H,52,57)(H,54,60)(H3,44,46,47)(H3,45,49,61)(H2,53,55,62)/t31-,32-,33-,34-/m0/s1. The zero-order valence-electron chi connectivity index (χ0n) is 34.7. The van der Waals surface area contributed by atoms with Crippen LogP contribution in [0.25, 0.3) is 10.9 Å². The number of nitrogens with two attached hydrogens (primary N) is 3. The number of hydrazine groups is 1. The Morgan fingerprint density at radius 2 is 1.35 bits per heavy atom. The summed E-state index contributed by atoms with van der Waals surface area (Å²) in [4.78, 5) is 98.4. The number of rotatable bonds is 20. The molecule has 0 aliphatic rings. The quantitative estimate of drug-likeness (QED) is 0.0258. The Bertz CT molecular complexity index is 2210. The van der Waals surface area contributed by atoms with Gasteiger partial charge in [-0.1, -0.05) is 62.4 Å². The third kappa shape index (κ3) is 14.9. The van der Waals surface area contributed by atoms with Crippen molar-refractivity contribution in [2.75, 3.05) is 18.9 Å². The van der Waals surface area contributed by atoms with Crippen molar-refractivity contribution in [1.82, 2.24) is 42.4 Å².